The molecule has 1 aliphatic heterocycles. The predicted octanol–water partition coefficient (Wildman–Crippen LogP) is 2.53. The van der Waals surface area contributed by atoms with Crippen LogP contribution in [-0.2, 0) is 4.79 Å². The monoisotopic (exact) mass is 376 g/mol. The molecule has 0 bridgehead atoms. The number of rotatable bonds is 3. The SMILES string of the molecule is CCC(N)C(=O)N1CCN(c2nc3ccccc3s2)CC1.Cl.Cl. The van der Waals surface area contributed by atoms with Gasteiger partial charge in [-0.15, -0.1) is 24.8 Å². The van der Waals surface area contributed by atoms with Crippen LogP contribution in [0.3, 0.4) is 0 Å². The molecule has 1 aromatic heterocycles. The molecule has 0 spiro atoms. The number of para-hydroxylation sites is 1. The highest BCUT2D eigenvalue weighted by Gasteiger charge is 2.25. The van der Waals surface area contributed by atoms with Crippen LogP contribution in [0.15, 0.2) is 24.3 Å². The van der Waals surface area contributed by atoms with Gasteiger partial charge in [0, 0.05) is 26.2 Å². The van der Waals surface area contributed by atoms with Gasteiger partial charge in [0.1, 0.15) is 0 Å². The van der Waals surface area contributed by atoms with E-state index < -0.39 is 0 Å². The van der Waals surface area contributed by atoms with Gasteiger partial charge in [0.25, 0.3) is 0 Å². The molecular formula is C15H22Cl2N4OS. The molecule has 1 unspecified atom stereocenters. The lowest BCUT2D eigenvalue weighted by atomic mass is 10.2. The summed E-state index contributed by atoms with van der Waals surface area (Å²) in [6.45, 7) is 5.04. The van der Waals surface area contributed by atoms with Crippen LogP contribution in [0.4, 0.5) is 5.13 Å². The summed E-state index contributed by atoms with van der Waals surface area (Å²) in [6.07, 6.45) is 0.691. The molecule has 2 heterocycles. The third kappa shape index (κ3) is 4.26. The molecule has 0 radical (unpaired) electrons. The van der Waals surface area contributed by atoms with Crippen LogP contribution in [0.5, 0.6) is 0 Å². The van der Waals surface area contributed by atoms with Gasteiger partial charge in [-0.3, -0.25) is 4.79 Å². The van der Waals surface area contributed by atoms with Crippen LogP contribution in [0.1, 0.15) is 13.3 Å². The smallest absolute Gasteiger partial charge is 0.239 e. The summed E-state index contributed by atoms with van der Waals surface area (Å²) < 4.78 is 1.21. The number of nitrogens with zero attached hydrogens (tertiary/aromatic N) is 3. The van der Waals surface area contributed by atoms with Crippen molar-refractivity contribution in [2.24, 2.45) is 5.73 Å². The number of amides is 1. The topological polar surface area (TPSA) is 62.5 Å². The highest BCUT2D eigenvalue weighted by atomic mass is 35.5. The fraction of sp³-hybridized carbons (Fsp3) is 0.467. The van der Waals surface area contributed by atoms with Gasteiger partial charge in [0.15, 0.2) is 5.13 Å². The molecule has 1 saturated heterocycles. The Hall–Kier alpha value is -1.08. The number of anilines is 1. The lowest BCUT2D eigenvalue weighted by Gasteiger charge is -2.35. The van der Waals surface area contributed by atoms with E-state index in [0.717, 1.165) is 36.8 Å². The van der Waals surface area contributed by atoms with Gasteiger partial charge in [-0.25, -0.2) is 4.98 Å². The van der Waals surface area contributed by atoms with Gasteiger partial charge in [0.2, 0.25) is 5.91 Å². The van der Waals surface area contributed by atoms with Crippen molar-refractivity contribution in [1.82, 2.24) is 9.88 Å². The average Bonchev–Trinajstić information content (AvgIpc) is 2.97. The maximum absolute atomic E-state index is 12.1. The van der Waals surface area contributed by atoms with Crippen LogP contribution in [0.2, 0.25) is 0 Å². The summed E-state index contributed by atoms with van der Waals surface area (Å²) >= 11 is 1.71. The molecule has 0 saturated carbocycles. The van der Waals surface area contributed by atoms with E-state index in [9.17, 15) is 4.79 Å². The Morgan fingerprint density at radius 1 is 1.26 bits per heavy atom. The summed E-state index contributed by atoms with van der Waals surface area (Å²) in [5.41, 5.74) is 6.87. The molecule has 1 atom stereocenters. The van der Waals surface area contributed by atoms with E-state index in [1.165, 1.54) is 4.70 Å². The minimum atomic E-state index is -0.362. The quantitative estimate of drug-likeness (QED) is 0.893. The number of thiazole rings is 1. The summed E-state index contributed by atoms with van der Waals surface area (Å²) in [6, 6.07) is 7.81. The van der Waals surface area contributed by atoms with E-state index in [4.69, 9.17) is 5.73 Å². The number of halogens is 2. The zero-order chi connectivity index (χ0) is 14.8. The van der Waals surface area contributed by atoms with Crippen molar-refractivity contribution in [2.45, 2.75) is 19.4 Å². The van der Waals surface area contributed by atoms with Gasteiger partial charge in [-0.1, -0.05) is 30.4 Å². The number of aromatic nitrogens is 1. The molecule has 1 aromatic carbocycles. The van der Waals surface area contributed by atoms with Crippen molar-refractivity contribution < 1.29 is 4.79 Å². The number of nitrogens with two attached hydrogens (primary N) is 1. The van der Waals surface area contributed by atoms with E-state index in [2.05, 4.69) is 16.0 Å². The molecule has 8 heteroatoms. The predicted molar refractivity (Wildman–Crippen MR) is 101 cm³/mol. The highest BCUT2D eigenvalue weighted by Crippen LogP contribution is 2.29. The second-order valence-electron chi connectivity index (χ2n) is 5.29. The first-order valence-electron chi connectivity index (χ1n) is 7.34. The van der Waals surface area contributed by atoms with Crippen LogP contribution in [-0.4, -0.2) is 48.0 Å². The summed E-state index contributed by atoms with van der Waals surface area (Å²) in [5.74, 6) is 0.0708. The molecule has 1 aliphatic rings. The molecule has 1 fully saturated rings. The molecule has 128 valence electrons. The highest BCUT2D eigenvalue weighted by molar-refractivity contribution is 7.22. The van der Waals surface area contributed by atoms with Gasteiger partial charge in [0.05, 0.1) is 16.3 Å². The molecule has 23 heavy (non-hydrogen) atoms. The average molecular weight is 377 g/mol. The number of fused-ring (bicyclic) bond motifs is 1. The second kappa shape index (κ2) is 8.68. The molecule has 1 amide bonds. The fourth-order valence-corrected chi connectivity index (χ4v) is 3.54. The molecule has 0 aliphatic carbocycles. The Labute approximate surface area is 152 Å². The third-order valence-electron chi connectivity index (χ3n) is 3.90. The normalized spacial score (nSPS) is 15.7. The Balaban J connectivity index is 0.00000132. The van der Waals surface area contributed by atoms with E-state index in [-0.39, 0.29) is 36.8 Å². The minimum Gasteiger partial charge on any atom is -0.345 e. The molecule has 3 rings (SSSR count). The third-order valence-corrected chi connectivity index (χ3v) is 5.00. The summed E-state index contributed by atoms with van der Waals surface area (Å²) in [5, 5.41) is 1.04. The Kier molecular flexibility index (Phi) is 7.54. The number of carbonyl (C=O) groups is 1. The van der Waals surface area contributed by atoms with Crippen molar-refractivity contribution in [1.29, 1.82) is 0 Å². The van der Waals surface area contributed by atoms with Gasteiger partial charge in [-0.2, -0.15) is 0 Å². The largest absolute Gasteiger partial charge is 0.345 e. The Morgan fingerprint density at radius 3 is 2.52 bits per heavy atom. The first kappa shape index (κ1) is 20.0. The van der Waals surface area contributed by atoms with Gasteiger partial charge in [-0.05, 0) is 18.6 Å². The molecular weight excluding hydrogens is 355 g/mol. The number of hydrogen-bond donors (Lipinski definition) is 1. The number of benzene rings is 1. The number of hydrogen-bond acceptors (Lipinski definition) is 5. The molecule has 2 N–H and O–H groups in total. The second-order valence-corrected chi connectivity index (χ2v) is 6.30. The van der Waals surface area contributed by atoms with Gasteiger partial charge >= 0.3 is 0 Å². The van der Waals surface area contributed by atoms with E-state index in [1.807, 2.05) is 30.0 Å². The summed E-state index contributed by atoms with van der Waals surface area (Å²) in [4.78, 5) is 20.9. The Morgan fingerprint density at radius 2 is 1.91 bits per heavy atom. The maximum Gasteiger partial charge on any atom is 0.239 e. The van der Waals surface area contributed by atoms with Crippen LogP contribution in [0, 0.1) is 0 Å². The standard InChI is InChI=1S/C15H20N4OS.2ClH/c1-2-11(16)14(20)18-7-9-19(10-8-18)15-17-12-5-3-4-6-13(12)21-15;;/h3-6,11H,2,7-10,16H2,1H3;2*1H. The minimum absolute atomic E-state index is 0. The Bertz CT molecular complexity index is 610. The van der Waals surface area contributed by atoms with Crippen LogP contribution >= 0.6 is 36.2 Å². The zero-order valence-corrected chi connectivity index (χ0v) is 15.4. The first-order valence-corrected chi connectivity index (χ1v) is 8.15. The van der Waals surface area contributed by atoms with E-state index >= 15 is 0 Å². The van der Waals surface area contributed by atoms with Crippen LogP contribution in [0.25, 0.3) is 10.2 Å². The van der Waals surface area contributed by atoms with Crippen molar-refractivity contribution in [3.05, 3.63) is 24.3 Å². The first-order chi connectivity index (χ1) is 10.2. The molecule has 2 aromatic rings. The molecule has 5 nitrogen and oxygen atoms in total. The van der Waals surface area contributed by atoms with Crippen molar-refractivity contribution >= 4 is 57.4 Å². The van der Waals surface area contributed by atoms with Crippen molar-refractivity contribution in [2.75, 3.05) is 31.1 Å². The zero-order valence-electron chi connectivity index (χ0n) is 13.0. The lowest BCUT2D eigenvalue weighted by Crippen LogP contribution is -2.53. The van der Waals surface area contributed by atoms with E-state index in [1.54, 1.807) is 11.3 Å². The maximum atomic E-state index is 12.1. The number of piperazine rings is 1. The van der Waals surface area contributed by atoms with E-state index in [0.29, 0.717) is 6.42 Å². The van der Waals surface area contributed by atoms with Crippen molar-refractivity contribution in [3.8, 4) is 0 Å². The lowest BCUT2D eigenvalue weighted by molar-refractivity contribution is -0.132. The van der Waals surface area contributed by atoms with Crippen molar-refractivity contribution in [3.63, 3.8) is 0 Å². The number of carbonyl (C=O) groups excluding carboxylic acids is 1. The van der Waals surface area contributed by atoms with Crippen LogP contribution < -0.4 is 10.6 Å². The van der Waals surface area contributed by atoms with Gasteiger partial charge < -0.3 is 15.5 Å². The fourth-order valence-electron chi connectivity index (χ4n) is 2.52. The summed E-state index contributed by atoms with van der Waals surface area (Å²) in [7, 11) is 0.